The SMILES string of the molecule is Cc1ccc2c(c1)CN(c1cccc(-c3ccc(C(N)=O)c4[nH]c5c(c34)CCC(C(=O)N3CCN(C)CC3)C5)c1C)C2=O. The number of hydrogen-bond acceptors (Lipinski definition) is 4. The van der Waals surface area contributed by atoms with Crippen LogP contribution in [0.5, 0.6) is 0 Å². The molecule has 1 fully saturated rings. The molecule has 0 bridgehead atoms. The van der Waals surface area contributed by atoms with Gasteiger partial charge in [0.05, 0.1) is 17.6 Å². The molecular weight excluding hydrogens is 538 g/mol. The lowest BCUT2D eigenvalue weighted by Crippen LogP contribution is -2.49. The fourth-order valence-electron chi connectivity index (χ4n) is 7.32. The van der Waals surface area contributed by atoms with Crippen LogP contribution in [-0.2, 0) is 24.2 Å². The number of nitrogens with zero attached hydrogens (tertiary/aromatic N) is 3. The number of fused-ring (bicyclic) bond motifs is 4. The third-order valence-corrected chi connectivity index (χ3v) is 9.72. The molecule has 0 spiro atoms. The average Bonchev–Trinajstić information content (AvgIpc) is 3.53. The standard InChI is InChI=1S/C35H37N5O3/c1-20-7-9-25-23(17-20)19-40(35(25)43)30-6-4-5-24(21(30)2)26-11-12-28(33(36)41)32-31(26)27-10-8-22(18-29(27)37-32)34(42)39-15-13-38(3)14-16-39/h4-7,9,11-12,17,22,37H,8,10,13-16,18-19H2,1-3H3,(H2,36,41). The van der Waals surface area contributed by atoms with Crippen LogP contribution >= 0.6 is 0 Å². The van der Waals surface area contributed by atoms with E-state index in [1.165, 1.54) is 0 Å². The van der Waals surface area contributed by atoms with Crippen molar-refractivity contribution in [3.8, 4) is 11.1 Å². The van der Waals surface area contributed by atoms with E-state index in [4.69, 9.17) is 5.73 Å². The molecule has 3 aromatic carbocycles. The number of hydrogen-bond donors (Lipinski definition) is 2. The summed E-state index contributed by atoms with van der Waals surface area (Å²) in [5.74, 6) is -0.329. The van der Waals surface area contributed by atoms with Gasteiger partial charge in [-0.15, -0.1) is 0 Å². The molecule has 220 valence electrons. The van der Waals surface area contributed by atoms with E-state index >= 15 is 0 Å². The Kier molecular flexibility index (Phi) is 6.62. The smallest absolute Gasteiger partial charge is 0.258 e. The molecule has 1 aliphatic carbocycles. The molecule has 43 heavy (non-hydrogen) atoms. The van der Waals surface area contributed by atoms with E-state index < -0.39 is 5.91 Å². The predicted molar refractivity (Wildman–Crippen MR) is 168 cm³/mol. The highest BCUT2D eigenvalue weighted by molar-refractivity contribution is 6.13. The van der Waals surface area contributed by atoms with Crippen molar-refractivity contribution in [3.05, 3.63) is 87.6 Å². The number of primary amides is 1. The largest absolute Gasteiger partial charge is 0.366 e. The molecule has 3 heterocycles. The molecule has 1 atom stereocenters. The monoisotopic (exact) mass is 575 g/mol. The summed E-state index contributed by atoms with van der Waals surface area (Å²) in [5.41, 5.74) is 16.0. The molecular formula is C35H37N5O3. The van der Waals surface area contributed by atoms with Crippen molar-refractivity contribution in [1.82, 2.24) is 14.8 Å². The average molecular weight is 576 g/mol. The van der Waals surface area contributed by atoms with Crippen LogP contribution in [0, 0.1) is 19.8 Å². The zero-order valence-electron chi connectivity index (χ0n) is 25.0. The number of nitrogens with two attached hydrogens (primary N) is 1. The number of aromatic nitrogens is 1. The molecule has 8 heteroatoms. The zero-order valence-corrected chi connectivity index (χ0v) is 25.0. The summed E-state index contributed by atoms with van der Waals surface area (Å²) in [6.45, 7) is 7.97. The van der Waals surface area contributed by atoms with Gasteiger partial charge in [0.25, 0.3) is 11.8 Å². The van der Waals surface area contributed by atoms with Crippen molar-refractivity contribution in [1.29, 1.82) is 0 Å². The van der Waals surface area contributed by atoms with Crippen LogP contribution in [0.1, 0.15) is 55.1 Å². The molecule has 7 rings (SSSR count). The molecule has 0 saturated carbocycles. The van der Waals surface area contributed by atoms with Gasteiger partial charge in [0.15, 0.2) is 0 Å². The molecule has 8 nitrogen and oxygen atoms in total. The number of aryl methyl sites for hydroxylation is 2. The van der Waals surface area contributed by atoms with E-state index in [0.29, 0.717) is 18.5 Å². The zero-order chi connectivity index (χ0) is 30.0. The van der Waals surface area contributed by atoms with Gasteiger partial charge in [0, 0.05) is 54.4 Å². The Balaban J connectivity index is 1.28. The fourth-order valence-corrected chi connectivity index (χ4v) is 7.32. The lowest BCUT2D eigenvalue weighted by Gasteiger charge is -2.35. The van der Waals surface area contributed by atoms with E-state index in [2.05, 4.69) is 36.0 Å². The highest BCUT2D eigenvalue weighted by atomic mass is 16.2. The van der Waals surface area contributed by atoms with Gasteiger partial charge < -0.3 is 25.4 Å². The Labute approximate surface area is 251 Å². The summed E-state index contributed by atoms with van der Waals surface area (Å²) in [5, 5.41) is 0.990. The van der Waals surface area contributed by atoms with Gasteiger partial charge in [-0.2, -0.15) is 0 Å². The number of rotatable bonds is 4. The Bertz CT molecular complexity index is 1810. The minimum atomic E-state index is -0.485. The second-order valence-corrected chi connectivity index (χ2v) is 12.4. The van der Waals surface area contributed by atoms with Crippen LogP contribution in [0.25, 0.3) is 22.0 Å². The molecule has 2 aliphatic heterocycles. The Morgan fingerprint density at radius 1 is 0.953 bits per heavy atom. The van der Waals surface area contributed by atoms with Crippen LogP contribution in [0.2, 0.25) is 0 Å². The Hall–Kier alpha value is -4.43. The maximum absolute atomic E-state index is 13.5. The van der Waals surface area contributed by atoms with E-state index in [-0.39, 0.29) is 17.7 Å². The van der Waals surface area contributed by atoms with Crippen molar-refractivity contribution in [3.63, 3.8) is 0 Å². The Morgan fingerprint density at radius 3 is 2.49 bits per heavy atom. The third-order valence-electron chi connectivity index (χ3n) is 9.72. The number of carbonyl (C=O) groups excluding carboxylic acids is 3. The number of amides is 3. The van der Waals surface area contributed by atoms with Gasteiger partial charge in [-0.1, -0.05) is 35.9 Å². The van der Waals surface area contributed by atoms with Crippen molar-refractivity contribution in [2.24, 2.45) is 11.7 Å². The molecule has 1 unspecified atom stereocenters. The second kappa shape index (κ2) is 10.4. The molecule has 1 saturated heterocycles. The van der Waals surface area contributed by atoms with Crippen molar-refractivity contribution in [2.75, 3.05) is 38.1 Å². The van der Waals surface area contributed by atoms with Crippen LogP contribution in [0.4, 0.5) is 5.69 Å². The first-order chi connectivity index (χ1) is 20.7. The first-order valence-corrected chi connectivity index (χ1v) is 15.2. The summed E-state index contributed by atoms with van der Waals surface area (Å²) < 4.78 is 0. The first-order valence-electron chi connectivity index (χ1n) is 15.2. The number of benzene rings is 3. The van der Waals surface area contributed by atoms with Crippen molar-refractivity contribution in [2.45, 2.75) is 39.7 Å². The summed E-state index contributed by atoms with van der Waals surface area (Å²) in [7, 11) is 2.09. The third kappa shape index (κ3) is 4.52. The summed E-state index contributed by atoms with van der Waals surface area (Å²) in [6.07, 6.45) is 2.13. The minimum absolute atomic E-state index is 0.0135. The summed E-state index contributed by atoms with van der Waals surface area (Å²) in [6, 6.07) is 15.9. The number of carbonyl (C=O) groups is 3. The molecule has 1 aromatic heterocycles. The number of likely N-dealkylation sites (N-methyl/N-ethyl adjacent to an activating group) is 1. The number of nitrogens with one attached hydrogen (secondary N) is 1. The molecule has 4 aromatic rings. The predicted octanol–water partition coefficient (Wildman–Crippen LogP) is 4.59. The molecule has 3 amide bonds. The maximum atomic E-state index is 13.5. The van der Waals surface area contributed by atoms with Crippen LogP contribution in [0.15, 0.2) is 48.5 Å². The topological polar surface area (TPSA) is 103 Å². The van der Waals surface area contributed by atoms with Gasteiger partial charge in [-0.05, 0) is 86.2 Å². The van der Waals surface area contributed by atoms with Crippen molar-refractivity contribution < 1.29 is 14.4 Å². The number of piperazine rings is 1. The van der Waals surface area contributed by atoms with Gasteiger partial charge in [-0.25, -0.2) is 0 Å². The van der Waals surface area contributed by atoms with Gasteiger partial charge in [0.1, 0.15) is 0 Å². The van der Waals surface area contributed by atoms with Crippen LogP contribution in [0.3, 0.4) is 0 Å². The van der Waals surface area contributed by atoms with Gasteiger partial charge in [-0.3, -0.25) is 14.4 Å². The van der Waals surface area contributed by atoms with E-state index in [1.54, 1.807) is 6.07 Å². The molecule has 3 aliphatic rings. The number of H-pyrrole nitrogens is 1. The summed E-state index contributed by atoms with van der Waals surface area (Å²) in [4.78, 5) is 49.1. The highest BCUT2D eigenvalue weighted by Gasteiger charge is 2.34. The minimum Gasteiger partial charge on any atom is -0.366 e. The summed E-state index contributed by atoms with van der Waals surface area (Å²) >= 11 is 0. The van der Waals surface area contributed by atoms with Crippen molar-refractivity contribution >= 4 is 34.3 Å². The fraction of sp³-hybridized carbons (Fsp3) is 0.343. The van der Waals surface area contributed by atoms with E-state index in [1.807, 2.05) is 47.1 Å². The maximum Gasteiger partial charge on any atom is 0.258 e. The van der Waals surface area contributed by atoms with E-state index in [9.17, 15) is 14.4 Å². The van der Waals surface area contributed by atoms with E-state index in [0.717, 1.165) is 100 Å². The second-order valence-electron chi connectivity index (χ2n) is 12.4. The number of aromatic amines is 1. The van der Waals surface area contributed by atoms with Crippen LogP contribution in [-0.4, -0.2) is 65.7 Å². The molecule has 0 radical (unpaired) electrons. The number of anilines is 1. The van der Waals surface area contributed by atoms with Gasteiger partial charge in [0.2, 0.25) is 5.91 Å². The first kappa shape index (κ1) is 27.4. The Morgan fingerprint density at radius 2 is 1.72 bits per heavy atom. The lowest BCUT2D eigenvalue weighted by atomic mass is 9.84. The van der Waals surface area contributed by atoms with Gasteiger partial charge >= 0.3 is 0 Å². The quantitative estimate of drug-likeness (QED) is 0.372. The normalized spacial score (nSPS) is 18.7. The lowest BCUT2D eigenvalue weighted by molar-refractivity contribution is -0.137. The molecule has 3 N–H and O–H groups in total. The highest BCUT2D eigenvalue weighted by Crippen LogP contribution is 2.42. The van der Waals surface area contributed by atoms with Crippen LogP contribution < -0.4 is 10.6 Å².